The molecule has 3 aliphatic rings. The molecular weight excluding hydrogens is 426 g/mol. The van der Waals surface area contributed by atoms with Gasteiger partial charge in [-0.2, -0.15) is 0 Å². The van der Waals surface area contributed by atoms with Crippen molar-refractivity contribution in [3.63, 3.8) is 0 Å². The Morgan fingerprint density at radius 2 is 1.62 bits per heavy atom. The minimum absolute atomic E-state index is 0. The topological polar surface area (TPSA) is 45.2 Å². The molecule has 0 N–H and O–H groups in total. The van der Waals surface area contributed by atoms with Gasteiger partial charge in [0.15, 0.2) is 0 Å². The third-order valence-electron chi connectivity index (χ3n) is 6.75. The lowest BCUT2D eigenvalue weighted by Crippen LogP contribution is -2.49. The van der Waals surface area contributed by atoms with E-state index in [4.69, 9.17) is 9.47 Å². The van der Waals surface area contributed by atoms with Crippen molar-refractivity contribution < 1.29 is 14.3 Å². The zero-order chi connectivity index (χ0) is 21.4. The maximum absolute atomic E-state index is 11.7. The van der Waals surface area contributed by atoms with E-state index >= 15 is 0 Å². The van der Waals surface area contributed by atoms with Gasteiger partial charge in [0.2, 0.25) is 0 Å². The Hall–Kier alpha value is -2.28. The molecule has 2 aromatic rings. The fraction of sp³-hybridized carbons (Fsp3) is 0.480. The van der Waals surface area contributed by atoms with Gasteiger partial charge in [-0.15, -0.1) is 12.4 Å². The normalized spacial score (nSPS) is 21.1. The zero-order valence-electron chi connectivity index (χ0n) is 18.9. The second-order valence-corrected chi connectivity index (χ2v) is 8.95. The summed E-state index contributed by atoms with van der Waals surface area (Å²) < 4.78 is 11.4. The second kappa shape index (κ2) is 9.69. The number of halogens is 1. The largest absolute Gasteiger partial charge is 0.457 e. The summed E-state index contributed by atoms with van der Waals surface area (Å²) >= 11 is 0. The van der Waals surface area contributed by atoms with E-state index in [9.17, 15) is 4.79 Å². The number of ether oxygens (including phenoxy) is 2. The molecule has 0 radical (unpaired) electrons. The van der Waals surface area contributed by atoms with Crippen LogP contribution in [0.2, 0.25) is 0 Å². The second-order valence-electron chi connectivity index (χ2n) is 8.95. The lowest BCUT2D eigenvalue weighted by atomic mass is 9.95. The number of benzene rings is 2. The first-order valence-corrected chi connectivity index (χ1v) is 11.3. The predicted molar refractivity (Wildman–Crippen MR) is 127 cm³/mol. The van der Waals surface area contributed by atoms with Gasteiger partial charge < -0.3 is 14.4 Å². The van der Waals surface area contributed by atoms with Gasteiger partial charge in [0, 0.05) is 50.9 Å². The lowest BCUT2D eigenvalue weighted by Gasteiger charge is -2.39. The van der Waals surface area contributed by atoms with Crippen molar-refractivity contribution in [2.24, 2.45) is 0 Å². The highest BCUT2D eigenvalue weighted by Crippen LogP contribution is 2.41. The van der Waals surface area contributed by atoms with Crippen LogP contribution in [0.5, 0.6) is 11.5 Å². The van der Waals surface area contributed by atoms with Gasteiger partial charge in [-0.05, 0) is 38.0 Å². The highest BCUT2D eigenvalue weighted by atomic mass is 35.5. The van der Waals surface area contributed by atoms with Crippen LogP contribution in [0, 0.1) is 13.8 Å². The number of carbonyl (C=O) groups is 1. The number of fused-ring (bicyclic) bond motifs is 2. The Bertz CT molecular complexity index is 975. The zero-order valence-corrected chi connectivity index (χ0v) is 19.7. The minimum Gasteiger partial charge on any atom is -0.457 e. The van der Waals surface area contributed by atoms with Crippen LogP contribution in [0.3, 0.4) is 0 Å². The van der Waals surface area contributed by atoms with E-state index in [1.165, 1.54) is 22.3 Å². The number of nitrogens with zero attached hydrogens (tertiary/aromatic N) is 3. The minimum atomic E-state index is -0.168. The van der Waals surface area contributed by atoms with Gasteiger partial charge >= 0.3 is 6.09 Å². The summed E-state index contributed by atoms with van der Waals surface area (Å²) in [6.45, 7) is 11.3. The standard InChI is InChI=1S/C25H31N3O3.ClH/c1-18-3-5-23-20(15-18)17-22(21-16-19(2)4-6-24(21)31-23)27-10-7-26(8-11-27)9-12-28-13-14-30-25(28)29;/h3-6,15-16,22H,7-14,17H2,1-2H3;1H. The number of carbonyl (C=O) groups excluding carboxylic acids is 1. The molecule has 1 atom stereocenters. The van der Waals surface area contributed by atoms with Gasteiger partial charge in [-0.25, -0.2) is 4.79 Å². The van der Waals surface area contributed by atoms with Gasteiger partial charge in [0.25, 0.3) is 0 Å². The summed E-state index contributed by atoms with van der Waals surface area (Å²) in [5.74, 6) is 1.96. The Morgan fingerprint density at radius 3 is 2.34 bits per heavy atom. The summed E-state index contributed by atoms with van der Waals surface area (Å²) in [5, 5.41) is 0. The molecule has 6 nitrogen and oxygen atoms in total. The molecule has 2 fully saturated rings. The Balaban J connectivity index is 0.00000245. The van der Waals surface area contributed by atoms with Crippen molar-refractivity contribution in [3.05, 3.63) is 58.7 Å². The maximum atomic E-state index is 11.7. The van der Waals surface area contributed by atoms with Crippen LogP contribution in [-0.4, -0.2) is 73.2 Å². The van der Waals surface area contributed by atoms with Crippen molar-refractivity contribution in [3.8, 4) is 11.5 Å². The van der Waals surface area contributed by atoms with Crippen LogP contribution >= 0.6 is 12.4 Å². The third kappa shape index (κ3) is 4.72. The Morgan fingerprint density at radius 1 is 0.906 bits per heavy atom. The molecule has 7 heteroatoms. The lowest BCUT2D eigenvalue weighted by molar-refractivity contribution is 0.0898. The highest BCUT2D eigenvalue weighted by Gasteiger charge is 2.31. The van der Waals surface area contributed by atoms with E-state index in [-0.39, 0.29) is 18.5 Å². The third-order valence-corrected chi connectivity index (χ3v) is 6.75. The molecule has 3 aliphatic heterocycles. The van der Waals surface area contributed by atoms with E-state index in [1.807, 2.05) is 4.90 Å². The number of aryl methyl sites for hydroxylation is 2. The first-order chi connectivity index (χ1) is 15.1. The van der Waals surface area contributed by atoms with Gasteiger partial charge in [-0.3, -0.25) is 9.80 Å². The summed E-state index contributed by atoms with van der Waals surface area (Å²) in [6, 6.07) is 13.4. The molecule has 1 amide bonds. The predicted octanol–water partition coefficient (Wildman–Crippen LogP) is 4.18. The summed E-state index contributed by atoms with van der Waals surface area (Å²) in [7, 11) is 0. The number of amides is 1. The van der Waals surface area contributed by atoms with Crippen LogP contribution in [-0.2, 0) is 11.2 Å². The van der Waals surface area contributed by atoms with E-state index in [2.05, 4.69) is 60.0 Å². The summed E-state index contributed by atoms with van der Waals surface area (Å²) in [5.41, 5.74) is 5.12. The molecule has 32 heavy (non-hydrogen) atoms. The quantitative estimate of drug-likeness (QED) is 0.689. The molecule has 0 spiro atoms. The molecule has 0 aromatic heterocycles. The number of piperazine rings is 1. The van der Waals surface area contributed by atoms with Crippen LogP contribution in [0.4, 0.5) is 4.79 Å². The number of hydrogen-bond donors (Lipinski definition) is 0. The molecule has 0 bridgehead atoms. The molecular formula is C25H32ClN3O3. The fourth-order valence-electron chi connectivity index (χ4n) is 4.94. The SMILES string of the molecule is Cc1ccc2c(c1)CC(N1CCN(CCN3CCOC3=O)CC1)c1cc(C)ccc1O2.Cl. The van der Waals surface area contributed by atoms with Gasteiger partial charge in [-0.1, -0.05) is 35.4 Å². The first kappa shape index (κ1) is 22.9. The summed E-state index contributed by atoms with van der Waals surface area (Å²) in [4.78, 5) is 18.6. The van der Waals surface area contributed by atoms with Crippen molar-refractivity contribution in [1.82, 2.24) is 14.7 Å². The number of cyclic esters (lactones) is 1. The fourth-order valence-corrected chi connectivity index (χ4v) is 4.94. The number of hydrogen-bond acceptors (Lipinski definition) is 5. The first-order valence-electron chi connectivity index (χ1n) is 11.3. The van der Waals surface area contributed by atoms with Crippen molar-refractivity contribution in [1.29, 1.82) is 0 Å². The van der Waals surface area contributed by atoms with Crippen LogP contribution in [0.15, 0.2) is 36.4 Å². The van der Waals surface area contributed by atoms with Crippen molar-refractivity contribution in [2.45, 2.75) is 26.3 Å². The highest BCUT2D eigenvalue weighted by molar-refractivity contribution is 5.85. The van der Waals surface area contributed by atoms with E-state index in [0.29, 0.717) is 12.6 Å². The molecule has 2 aromatic carbocycles. The monoisotopic (exact) mass is 457 g/mol. The van der Waals surface area contributed by atoms with Gasteiger partial charge in [0.1, 0.15) is 18.1 Å². The Kier molecular flexibility index (Phi) is 6.93. The molecule has 0 saturated carbocycles. The van der Waals surface area contributed by atoms with Crippen LogP contribution < -0.4 is 4.74 Å². The molecule has 172 valence electrons. The molecule has 2 saturated heterocycles. The Labute approximate surface area is 196 Å². The van der Waals surface area contributed by atoms with Crippen LogP contribution in [0.25, 0.3) is 0 Å². The number of rotatable bonds is 4. The van der Waals surface area contributed by atoms with E-state index in [0.717, 1.165) is 63.7 Å². The smallest absolute Gasteiger partial charge is 0.409 e. The van der Waals surface area contributed by atoms with Crippen LogP contribution in [0.1, 0.15) is 28.3 Å². The van der Waals surface area contributed by atoms with Crippen molar-refractivity contribution >= 4 is 18.5 Å². The average molecular weight is 458 g/mol. The molecule has 5 rings (SSSR count). The molecule has 0 aliphatic carbocycles. The maximum Gasteiger partial charge on any atom is 0.409 e. The van der Waals surface area contributed by atoms with E-state index < -0.39 is 0 Å². The van der Waals surface area contributed by atoms with Gasteiger partial charge in [0.05, 0.1) is 6.54 Å². The molecule has 1 unspecified atom stereocenters. The van der Waals surface area contributed by atoms with Crippen molar-refractivity contribution in [2.75, 3.05) is 52.4 Å². The molecule has 3 heterocycles. The average Bonchev–Trinajstić information content (AvgIpc) is 3.11. The summed E-state index contributed by atoms with van der Waals surface area (Å²) in [6.07, 6.45) is 0.797. The van der Waals surface area contributed by atoms with E-state index in [1.54, 1.807) is 0 Å².